The lowest BCUT2D eigenvalue weighted by Crippen LogP contribution is -2.48. The fraction of sp³-hybridized carbons (Fsp3) is 0.647. The van der Waals surface area contributed by atoms with Gasteiger partial charge in [-0.1, -0.05) is 52.0 Å². The van der Waals surface area contributed by atoms with Crippen molar-refractivity contribution in [2.75, 3.05) is 19.8 Å². The molecule has 19 heavy (non-hydrogen) atoms. The molecule has 0 radical (unpaired) electrons. The van der Waals surface area contributed by atoms with Gasteiger partial charge >= 0.3 is 0 Å². The molecule has 0 spiro atoms. The van der Waals surface area contributed by atoms with E-state index in [1.54, 1.807) is 0 Å². The minimum atomic E-state index is 0.330. The molecule has 0 aromatic heterocycles. The molecule has 1 atom stereocenters. The topological polar surface area (TPSA) is 21.3 Å². The molecule has 0 bridgehead atoms. The van der Waals surface area contributed by atoms with E-state index in [-0.39, 0.29) is 0 Å². The normalized spacial score (nSPS) is 19.2. The molecule has 1 saturated heterocycles. The summed E-state index contributed by atoms with van der Waals surface area (Å²) in [5.41, 5.74) is 3.14. The third kappa shape index (κ3) is 3.58. The summed E-state index contributed by atoms with van der Waals surface area (Å²) in [6.07, 6.45) is 1.11. The van der Waals surface area contributed by atoms with Crippen molar-refractivity contribution in [3.05, 3.63) is 35.4 Å². The van der Waals surface area contributed by atoms with Crippen LogP contribution in [0.15, 0.2) is 24.3 Å². The summed E-state index contributed by atoms with van der Waals surface area (Å²) in [7, 11) is 0. The zero-order chi connectivity index (χ0) is 13.9. The molecule has 2 rings (SSSR count). The number of hydrogen-bond donors (Lipinski definition) is 1. The molecule has 1 aromatic rings. The molecule has 1 aromatic carbocycles. The van der Waals surface area contributed by atoms with E-state index in [4.69, 9.17) is 4.74 Å². The summed E-state index contributed by atoms with van der Waals surface area (Å²) in [5, 5.41) is 3.74. The summed E-state index contributed by atoms with van der Waals surface area (Å²) in [6, 6.07) is 9.48. The molecule has 2 nitrogen and oxygen atoms in total. The second-order valence-electron chi connectivity index (χ2n) is 6.50. The van der Waals surface area contributed by atoms with Gasteiger partial charge in [-0.15, -0.1) is 0 Å². The van der Waals surface area contributed by atoms with Crippen molar-refractivity contribution in [1.82, 2.24) is 5.32 Å². The monoisotopic (exact) mass is 261 g/mol. The SMILES string of the molecule is CCc1ccc(C(NCC2(C)COC2)C(C)C)cc1. The van der Waals surface area contributed by atoms with Gasteiger partial charge in [0.1, 0.15) is 0 Å². The van der Waals surface area contributed by atoms with E-state index in [1.807, 2.05) is 0 Å². The van der Waals surface area contributed by atoms with Crippen molar-refractivity contribution in [2.24, 2.45) is 11.3 Å². The summed E-state index contributed by atoms with van der Waals surface area (Å²) in [5.74, 6) is 0.595. The van der Waals surface area contributed by atoms with Crippen LogP contribution in [0.5, 0.6) is 0 Å². The zero-order valence-corrected chi connectivity index (χ0v) is 12.7. The number of benzene rings is 1. The average molecular weight is 261 g/mol. The summed E-state index contributed by atoms with van der Waals surface area (Å²) in [4.78, 5) is 0. The van der Waals surface area contributed by atoms with Crippen molar-refractivity contribution in [3.63, 3.8) is 0 Å². The van der Waals surface area contributed by atoms with E-state index in [1.165, 1.54) is 11.1 Å². The van der Waals surface area contributed by atoms with Gasteiger partial charge in [0.15, 0.2) is 0 Å². The Morgan fingerprint density at radius 1 is 1.21 bits per heavy atom. The van der Waals surface area contributed by atoms with Gasteiger partial charge in [0.25, 0.3) is 0 Å². The lowest BCUT2D eigenvalue weighted by Gasteiger charge is -2.40. The molecule has 2 heteroatoms. The summed E-state index contributed by atoms with van der Waals surface area (Å²) < 4.78 is 5.33. The van der Waals surface area contributed by atoms with E-state index >= 15 is 0 Å². The molecule has 1 N–H and O–H groups in total. The van der Waals surface area contributed by atoms with Gasteiger partial charge in [0, 0.05) is 18.0 Å². The second kappa shape index (κ2) is 6.06. The number of ether oxygens (including phenoxy) is 1. The van der Waals surface area contributed by atoms with Gasteiger partial charge in [-0.25, -0.2) is 0 Å². The van der Waals surface area contributed by atoms with Crippen LogP contribution in [0.25, 0.3) is 0 Å². The van der Waals surface area contributed by atoms with Gasteiger partial charge < -0.3 is 10.1 Å². The van der Waals surface area contributed by atoms with E-state index in [9.17, 15) is 0 Å². The quantitative estimate of drug-likeness (QED) is 0.845. The number of hydrogen-bond acceptors (Lipinski definition) is 2. The van der Waals surface area contributed by atoms with E-state index in [0.717, 1.165) is 26.2 Å². The van der Waals surface area contributed by atoms with Crippen molar-refractivity contribution in [1.29, 1.82) is 0 Å². The molecule has 1 fully saturated rings. The molecule has 1 unspecified atom stereocenters. The largest absolute Gasteiger partial charge is 0.380 e. The maximum atomic E-state index is 5.33. The molecule has 0 saturated carbocycles. The lowest BCUT2D eigenvalue weighted by atomic mass is 9.87. The minimum absolute atomic E-state index is 0.330. The average Bonchev–Trinajstić information content (AvgIpc) is 2.37. The standard InChI is InChI=1S/C17H27NO/c1-5-14-6-8-15(9-7-14)16(13(2)3)18-10-17(4)11-19-12-17/h6-9,13,16,18H,5,10-12H2,1-4H3. The Kier molecular flexibility index (Phi) is 4.64. The van der Waals surface area contributed by atoms with Crippen LogP contribution in [0.4, 0.5) is 0 Å². The highest BCUT2D eigenvalue weighted by Gasteiger charge is 2.34. The molecule has 1 aliphatic heterocycles. The van der Waals surface area contributed by atoms with Crippen LogP contribution in [0.3, 0.4) is 0 Å². The smallest absolute Gasteiger partial charge is 0.0554 e. The third-order valence-corrected chi connectivity index (χ3v) is 4.06. The van der Waals surface area contributed by atoms with E-state index in [0.29, 0.717) is 17.4 Å². The zero-order valence-electron chi connectivity index (χ0n) is 12.7. The van der Waals surface area contributed by atoms with E-state index in [2.05, 4.69) is 57.3 Å². The highest BCUT2D eigenvalue weighted by atomic mass is 16.5. The van der Waals surface area contributed by atoms with Gasteiger partial charge in [0.2, 0.25) is 0 Å². The number of rotatable bonds is 6. The lowest BCUT2D eigenvalue weighted by molar-refractivity contribution is -0.101. The molecule has 0 amide bonds. The molecule has 1 aliphatic rings. The fourth-order valence-corrected chi connectivity index (χ4v) is 2.61. The fourth-order valence-electron chi connectivity index (χ4n) is 2.61. The van der Waals surface area contributed by atoms with Gasteiger partial charge in [0.05, 0.1) is 13.2 Å². The Morgan fingerprint density at radius 2 is 1.84 bits per heavy atom. The Bertz CT molecular complexity index is 392. The van der Waals surface area contributed by atoms with Gasteiger partial charge in [-0.05, 0) is 23.5 Å². The van der Waals surface area contributed by atoms with Crippen LogP contribution in [-0.4, -0.2) is 19.8 Å². The van der Waals surface area contributed by atoms with E-state index < -0.39 is 0 Å². The molecule has 106 valence electrons. The first kappa shape index (κ1) is 14.5. The van der Waals surface area contributed by atoms with Crippen LogP contribution in [0, 0.1) is 11.3 Å². The van der Waals surface area contributed by atoms with Crippen LogP contribution >= 0.6 is 0 Å². The maximum absolute atomic E-state index is 5.33. The first-order chi connectivity index (χ1) is 9.04. The summed E-state index contributed by atoms with van der Waals surface area (Å²) >= 11 is 0. The Labute approximate surface area is 117 Å². The number of aryl methyl sites for hydroxylation is 1. The molecule has 1 heterocycles. The molecule has 0 aliphatic carbocycles. The highest BCUT2D eigenvalue weighted by Crippen LogP contribution is 2.28. The van der Waals surface area contributed by atoms with Gasteiger partial charge in [-0.3, -0.25) is 0 Å². The molecular weight excluding hydrogens is 234 g/mol. The minimum Gasteiger partial charge on any atom is -0.380 e. The van der Waals surface area contributed by atoms with Crippen LogP contribution < -0.4 is 5.32 Å². The Balaban J connectivity index is 2.01. The Hall–Kier alpha value is -0.860. The van der Waals surface area contributed by atoms with Crippen molar-refractivity contribution in [3.8, 4) is 0 Å². The van der Waals surface area contributed by atoms with Crippen LogP contribution in [0.2, 0.25) is 0 Å². The highest BCUT2D eigenvalue weighted by molar-refractivity contribution is 5.25. The molecular formula is C17H27NO. The predicted molar refractivity (Wildman–Crippen MR) is 80.3 cm³/mol. The first-order valence-corrected chi connectivity index (χ1v) is 7.44. The maximum Gasteiger partial charge on any atom is 0.0554 e. The van der Waals surface area contributed by atoms with Crippen molar-refractivity contribution < 1.29 is 4.74 Å². The third-order valence-electron chi connectivity index (χ3n) is 4.06. The second-order valence-corrected chi connectivity index (χ2v) is 6.50. The van der Waals surface area contributed by atoms with Gasteiger partial charge in [-0.2, -0.15) is 0 Å². The summed E-state index contributed by atoms with van der Waals surface area (Å²) in [6.45, 7) is 11.9. The Morgan fingerprint density at radius 3 is 2.26 bits per heavy atom. The van der Waals surface area contributed by atoms with Crippen molar-refractivity contribution in [2.45, 2.75) is 40.2 Å². The van der Waals surface area contributed by atoms with Crippen LogP contribution in [0.1, 0.15) is 44.9 Å². The first-order valence-electron chi connectivity index (χ1n) is 7.44. The predicted octanol–water partition coefficient (Wildman–Crippen LogP) is 3.57. The van der Waals surface area contributed by atoms with Crippen LogP contribution in [-0.2, 0) is 11.2 Å². The number of nitrogens with one attached hydrogen (secondary N) is 1. The van der Waals surface area contributed by atoms with Crippen molar-refractivity contribution >= 4 is 0 Å².